The summed E-state index contributed by atoms with van der Waals surface area (Å²) >= 11 is 0. The van der Waals surface area contributed by atoms with E-state index in [0.29, 0.717) is 25.5 Å². The van der Waals surface area contributed by atoms with E-state index in [9.17, 15) is 8.42 Å². The number of nitrogens with one attached hydrogen (secondary N) is 2. The summed E-state index contributed by atoms with van der Waals surface area (Å²) in [5, 5.41) is 3.11. The lowest BCUT2D eigenvalue weighted by molar-refractivity contribution is 0.161. The van der Waals surface area contributed by atoms with Crippen LogP contribution in [0.4, 0.5) is 0 Å². The summed E-state index contributed by atoms with van der Waals surface area (Å²) in [5.41, 5.74) is 0. The normalized spacial score (nSPS) is 13.6. The highest BCUT2D eigenvalue weighted by Crippen LogP contribution is 2.14. The Hall–Kier alpha value is -0.890. The predicted octanol–water partition coefficient (Wildman–Crippen LogP) is 1.34. The number of sulfonamides is 1. The highest BCUT2D eigenvalue weighted by Gasteiger charge is 2.19. The van der Waals surface area contributed by atoms with Gasteiger partial charge in [0.15, 0.2) is 0 Å². The fraction of sp³-hybridized carbons (Fsp3) is 0.692. The molecule has 116 valence electrons. The molecule has 0 fully saturated rings. The number of furan rings is 1. The minimum atomic E-state index is -3.58. The molecule has 0 saturated carbocycles. The van der Waals surface area contributed by atoms with Gasteiger partial charge < -0.3 is 14.5 Å². The smallest absolute Gasteiger partial charge is 0.273 e. The van der Waals surface area contributed by atoms with E-state index in [0.717, 1.165) is 13.0 Å². The van der Waals surface area contributed by atoms with Crippen LogP contribution < -0.4 is 10.0 Å². The third-order valence-corrected chi connectivity index (χ3v) is 4.00. The molecule has 1 unspecified atom stereocenters. The Bertz CT molecular complexity index is 484. The molecule has 0 amide bonds. The predicted molar refractivity (Wildman–Crippen MR) is 76.9 cm³/mol. The van der Waals surface area contributed by atoms with Crippen molar-refractivity contribution in [2.75, 3.05) is 26.8 Å². The molecular formula is C13H24N2O4S. The second kappa shape index (κ2) is 8.41. The third-order valence-electron chi connectivity index (χ3n) is 2.70. The van der Waals surface area contributed by atoms with Crippen LogP contribution in [0.2, 0.25) is 0 Å². The van der Waals surface area contributed by atoms with E-state index in [-0.39, 0.29) is 11.0 Å². The largest absolute Gasteiger partial charge is 0.447 e. The zero-order valence-electron chi connectivity index (χ0n) is 12.3. The van der Waals surface area contributed by atoms with Crippen molar-refractivity contribution in [2.24, 2.45) is 5.92 Å². The molecule has 0 aromatic carbocycles. The van der Waals surface area contributed by atoms with Crippen molar-refractivity contribution < 1.29 is 17.6 Å². The van der Waals surface area contributed by atoms with Gasteiger partial charge >= 0.3 is 0 Å². The van der Waals surface area contributed by atoms with Crippen molar-refractivity contribution in [3.8, 4) is 0 Å². The summed E-state index contributed by atoms with van der Waals surface area (Å²) in [6.07, 6.45) is 1.02. The molecule has 20 heavy (non-hydrogen) atoms. The van der Waals surface area contributed by atoms with Gasteiger partial charge in [0.2, 0.25) is 5.09 Å². The van der Waals surface area contributed by atoms with E-state index >= 15 is 0 Å². The number of hydrogen-bond acceptors (Lipinski definition) is 5. The van der Waals surface area contributed by atoms with Crippen LogP contribution in [0.15, 0.2) is 21.6 Å². The van der Waals surface area contributed by atoms with Crippen molar-refractivity contribution >= 4 is 10.0 Å². The lowest BCUT2D eigenvalue weighted by Gasteiger charge is -2.10. The second-order valence-corrected chi connectivity index (χ2v) is 6.51. The van der Waals surface area contributed by atoms with Gasteiger partial charge in [0, 0.05) is 20.3 Å². The van der Waals surface area contributed by atoms with E-state index in [1.807, 2.05) is 6.92 Å². The van der Waals surface area contributed by atoms with Crippen LogP contribution in [0, 0.1) is 5.92 Å². The zero-order chi connectivity index (χ0) is 15.0. The Kier molecular flexibility index (Phi) is 7.22. The maximum Gasteiger partial charge on any atom is 0.273 e. The van der Waals surface area contributed by atoms with Crippen LogP contribution in [0.25, 0.3) is 0 Å². The topological polar surface area (TPSA) is 80.6 Å². The molecule has 0 saturated heterocycles. The number of hydrogen-bond donors (Lipinski definition) is 2. The Morgan fingerprint density at radius 2 is 2.15 bits per heavy atom. The second-order valence-electron chi connectivity index (χ2n) is 4.81. The number of ether oxygens (including phenoxy) is 1. The molecule has 0 aliphatic rings. The average molecular weight is 304 g/mol. The Labute approximate surface area is 120 Å². The summed E-state index contributed by atoms with van der Waals surface area (Å²) in [6.45, 7) is 6.20. The van der Waals surface area contributed by atoms with Crippen molar-refractivity contribution in [1.29, 1.82) is 0 Å². The molecule has 1 rings (SSSR count). The van der Waals surface area contributed by atoms with Gasteiger partial charge in [-0.3, -0.25) is 0 Å². The summed E-state index contributed by atoms with van der Waals surface area (Å²) in [4.78, 5) is 0. The van der Waals surface area contributed by atoms with Gasteiger partial charge in [-0.15, -0.1) is 0 Å². The lowest BCUT2D eigenvalue weighted by Crippen LogP contribution is -2.29. The highest BCUT2D eigenvalue weighted by atomic mass is 32.2. The molecule has 0 spiro atoms. The van der Waals surface area contributed by atoms with Crippen LogP contribution in [0.5, 0.6) is 0 Å². The highest BCUT2D eigenvalue weighted by molar-refractivity contribution is 7.89. The fourth-order valence-electron chi connectivity index (χ4n) is 1.65. The summed E-state index contributed by atoms with van der Waals surface area (Å²) in [5.74, 6) is 0.721. The van der Waals surface area contributed by atoms with E-state index < -0.39 is 10.0 Å². The summed E-state index contributed by atoms with van der Waals surface area (Å²) in [6, 6.07) is 3.15. The van der Waals surface area contributed by atoms with Crippen LogP contribution in [-0.4, -0.2) is 35.2 Å². The molecule has 0 aliphatic carbocycles. The molecule has 0 radical (unpaired) electrons. The van der Waals surface area contributed by atoms with Crippen molar-refractivity contribution in [1.82, 2.24) is 10.0 Å². The molecule has 1 aromatic rings. The van der Waals surface area contributed by atoms with Gasteiger partial charge in [0.05, 0.1) is 6.54 Å². The van der Waals surface area contributed by atoms with E-state index in [2.05, 4.69) is 17.0 Å². The lowest BCUT2D eigenvalue weighted by atomic mass is 10.2. The van der Waals surface area contributed by atoms with E-state index in [1.54, 1.807) is 13.2 Å². The van der Waals surface area contributed by atoms with Crippen molar-refractivity contribution in [2.45, 2.75) is 31.9 Å². The van der Waals surface area contributed by atoms with E-state index in [1.165, 1.54) is 6.07 Å². The molecular weight excluding hydrogens is 280 g/mol. The van der Waals surface area contributed by atoms with Gasteiger partial charge in [0.25, 0.3) is 10.0 Å². The van der Waals surface area contributed by atoms with Gasteiger partial charge in [-0.25, -0.2) is 13.1 Å². The molecule has 0 aliphatic heterocycles. The van der Waals surface area contributed by atoms with Gasteiger partial charge in [-0.1, -0.05) is 13.8 Å². The summed E-state index contributed by atoms with van der Waals surface area (Å²) in [7, 11) is -1.99. The summed E-state index contributed by atoms with van der Waals surface area (Å²) < 4.78 is 36.9. The maximum absolute atomic E-state index is 12.0. The number of rotatable bonds is 10. The van der Waals surface area contributed by atoms with Crippen LogP contribution in [0.1, 0.15) is 26.0 Å². The van der Waals surface area contributed by atoms with Crippen molar-refractivity contribution in [3.05, 3.63) is 17.9 Å². The standard InChI is InChI=1S/C13H24N2O4S/c1-4-7-14-9-12-5-6-13(19-12)20(16,17)15-8-11(2)10-18-3/h5-6,11,14-15H,4,7-10H2,1-3H3. The first kappa shape index (κ1) is 17.2. The van der Waals surface area contributed by atoms with Crippen molar-refractivity contribution in [3.63, 3.8) is 0 Å². The van der Waals surface area contributed by atoms with Gasteiger partial charge in [-0.05, 0) is 31.0 Å². The Balaban J connectivity index is 2.54. The van der Waals surface area contributed by atoms with Crippen LogP contribution >= 0.6 is 0 Å². The van der Waals surface area contributed by atoms with Gasteiger partial charge in [-0.2, -0.15) is 0 Å². The minimum Gasteiger partial charge on any atom is -0.447 e. The first-order chi connectivity index (χ1) is 9.49. The molecule has 7 heteroatoms. The zero-order valence-corrected chi connectivity index (χ0v) is 13.1. The molecule has 2 N–H and O–H groups in total. The fourth-order valence-corrected chi connectivity index (χ4v) is 2.76. The van der Waals surface area contributed by atoms with Crippen LogP contribution in [0.3, 0.4) is 0 Å². The molecule has 6 nitrogen and oxygen atoms in total. The molecule has 1 heterocycles. The number of methoxy groups -OCH3 is 1. The van der Waals surface area contributed by atoms with Gasteiger partial charge in [0.1, 0.15) is 5.76 Å². The van der Waals surface area contributed by atoms with Crippen LogP contribution in [-0.2, 0) is 21.3 Å². The Morgan fingerprint density at radius 3 is 2.80 bits per heavy atom. The maximum atomic E-state index is 12.0. The SMILES string of the molecule is CCCNCc1ccc(S(=O)(=O)NCC(C)COC)o1. The Morgan fingerprint density at radius 1 is 1.40 bits per heavy atom. The first-order valence-corrected chi connectivity index (χ1v) is 8.26. The average Bonchev–Trinajstić information content (AvgIpc) is 2.87. The molecule has 0 bridgehead atoms. The third kappa shape index (κ3) is 5.62. The minimum absolute atomic E-state index is 0.0459. The van der Waals surface area contributed by atoms with E-state index in [4.69, 9.17) is 9.15 Å². The molecule has 1 atom stereocenters. The first-order valence-electron chi connectivity index (χ1n) is 6.77. The molecule has 1 aromatic heterocycles. The quantitative estimate of drug-likeness (QED) is 0.638. The monoisotopic (exact) mass is 304 g/mol.